The molecule has 0 aliphatic carbocycles. The topological polar surface area (TPSA) is 39.6 Å². The summed E-state index contributed by atoms with van der Waals surface area (Å²) in [6.07, 6.45) is 1.51. The molecule has 5 rings (SSSR count). The summed E-state index contributed by atoms with van der Waals surface area (Å²) in [5.41, 5.74) is 4.54. The number of benzene rings is 2. The summed E-state index contributed by atoms with van der Waals surface area (Å²) in [7, 11) is 0. The first-order valence-electron chi connectivity index (χ1n) is 9.64. The second kappa shape index (κ2) is 6.80. The highest BCUT2D eigenvalue weighted by Gasteiger charge is 2.36. The maximum Gasteiger partial charge on any atom is 0.132 e. The number of pyridine rings is 1. The predicted molar refractivity (Wildman–Crippen MR) is 107 cm³/mol. The first kappa shape index (κ1) is 16.5. The average Bonchev–Trinajstić information content (AvgIpc) is 2.97. The molecule has 2 aromatic carbocycles. The monoisotopic (exact) mass is 357 g/mol. The number of phenolic OH excluding ortho intramolecular Hbond substituents is 1. The molecule has 0 amide bonds. The Hall–Kier alpha value is -2.69. The Morgan fingerprint density at radius 3 is 2.22 bits per heavy atom. The van der Waals surface area contributed by atoms with E-state index in [0.717, 1.165) is 54.3 Å². The second-order valence-electron chi connectivity index (χ2n) is 7.31. The molecule has 136 valence electrons. The van der Waals surface area contributed by atoms with Crippen molar-refractivity contribution in [2.24, 2.45) is 0 Å². The molecule has 2 atom stereocenters. The SMILES string of the molecule is Oc1c(-c2ccccc2)cccc1-c1cccc(C2N3CCCN2CC3)n1. The van der Waals surface area contributed by atoms with E-state index in [1.807, 2.05) is 54.6 Å². The first-order chi connectivity index (χ1) is 13.3. The summed E-state index contributed by atoms with van der Waals surface area (Å²) in [6.45, 7) is 4.51. The number of hydrogen-bond acceptors (Lipinski definition) is 4. The zero-order chi connectivity index (χ0) is 18.2. The van der Waals surface area contributed by atoms with Gasteiger partial charge >= 0.3 is 0 Å². The van der Waals surface area contributed by atoms with Gasteiger partial charge in [-0.1, -0.05) is 48.5 Å². The minimum absolute atomic E-state index is 0.276. The molecule has 1 aromatic heterocycles. The van der Waals surface area contributed by atoms with Crippen LogP contribution >= 0.6 is 0 Å². The van der Waals surface area contributed by atoms with Crippen LogP contribution in [0.25, 0.3) is 22.4 Å². The number of rotatable bonds is 3. The Kier molecular flexibility index (Phi) is 4.15. The number of aromatic nitrogens is 1. The van der Waals surface area contributed by atoms with Gasteiger partial charge < -0.3 is 5.11 Å². The minimum atomic E-state index is 0.276. The highest BCUT2D eigenvalue weighted by atomic mass is 16.3. The van der Waals surface area contributed by atoms with Gasteiger partial charge in [-0.25, -0.2) is 4.98 Å². The van der Waals surface area contributed by atoms with Crippen molar-refractivity contribution in [2.75, 3.05) is 26.2 Å². The van der Waals surface area contributed by atoms with Gasteiger partial charge in [0, 0.05) is 37.3 Å². The molecule has 2 aliphatic heterocycles. The van der Waals surface area contributed by atoms with Crippen molar-refractivity contribution >= 4 is 0 Å². The maximum atomic E-state index is 11.0. The van der Waals surface area contributed by atoms with Crippen molar-refractivity contribution in [3.8, 4) is 28.1 Å². The van der Waals surface area contributed by atoms with Crippen LogP contribution in [0, 0.1) is 0 Å². The molecule has 4 heteroatoms. The molecule has 2 bridgehead atoms. The van der Waals surface area contributed by atoms with Crippen molar-refractivity contribution in [3.63, 3.8) is 0 Å². The molecule has 2 fully saturated rings. The van der Waals surface area contributed by atoms with Crippen molar-refractivity contribution in [3.05, 3.63) is 72.4 Å². The standard InChI is InChI=1S/C23H23N3O/c27-22-18(17-7-2-1-3-8-17)9-4-10-19(22)20-11-5-12-21(24-20)23-25-13-6-14-26(23)16-15-25/h1-5,7-12,23,27H,6,13-16H2. The normalized spacial score (nSPS) is 24.1. The summed E-state index contributed by atoms with van der Waals surface area (Å²) < 4.78 is 0. The number of para-hydroxylation sites is 1. The fourth-order valence-electron chi connectivity index (χ4n) is 4.40. The van der Waals surface area contributed by atoms with Crippen LogP contribution < -0.4 is 0 Å². The minimum Gasteiger partial charge on any atom is -0.507 e. The molecule has 2 aliphatic rings. The smallest absolute Gasteiger partial charge is 0.132 e. The lowest BCUT2D eigenvalue weighted by Gasteiger charge is -2.34. The van der Waals surface area contributed by atoms with Crippen LogP contribution in [-0.2, 0) is 0 Å². The number of fused-ring (bicyclic) bond motifs is 2. The van der Waals surface area contributed by atoms with Gasteiger partial charge in [0.15, 0.2) is 0 Å². The highest BCUT2D eigenvalue weighted by Crippen LogP contribution is 2.38. The summed E-state index contributed by atoms with van der Waals surface area (Å²) in [5.74, 6) is 0.292. The van der Waals surface area contributed by atoms with E-state index in [1.54, 1.807) is 0 Å². The summed E-state index contributed by atoms with van der Waals surface area (Å²) in [5, 5.41) is 11.0. The summed E-state index contributed by atoms with van der Waals surface area (Å²) >= 11 is 0. The van der Waals surface area contributed by atoms with Crippen LogP contribution in [0.1, 0.15) is 18.3 Å². The highest BCUT2D eigenvalue weighted by molar-refractivity contribution is 5.80. The Bertz CT molecular complexity index is 941. The molecule has 2 unspecified atom stereocenters. The predicted octanol–water partition coefficient (Wildman–Crippen LogP) is 4.14. The van der Waals surface area contributed by atoms with E-state index >= 15 is 0 Å². The van der Waals surface area contributed by atoms with Gasteiger partial charge in [0.2, 0.25) is 0 Å². The van der Waals surface area contributed by atoms with E-state index in [0.29, 0.717) is 5.75 Å². The van der Waals surface area contributed by atoms with Gasteiger partial charge in [0.1, 0.15) is 11.9 Å². The van der Waals surface area contributed by atoms with Crippen LogP contribution in [0.15, 0.2) is 66.7 Å². The van der Waals surface area contributed by atoms with Gasteiger partial charge in [-0.2, -0.15) is 0 Å². The third-order valence-corrected chi connectivity index (χ3v) is 5.69. The van der Waals surface area contributed by atoms with E-state index < -0.39 is 0 Å². The van der Waals surface area contributed by atoms with Crippen LogP contribution in [-0.4, -0.2) is 46.1 Å². The van der Waals surface area contributed by atoms with Crippen molar-refractivity contribution < 1.29 is 5.11 Å². The zero-order valence-corrected chi connectivity index (χ0v) is 15.3. The molecular weight excluding hydrogens is 334 g/mol. The van der Waals surface area contributed by atoms with Gasteiger partial charge in [-0.05, 0) is 30.2 Å². The average molecular weight is 357 g/mol. The zero-order valence-electron chi connectivity index (χ0n) is 15.3. The molecule has 4 nitrogen and oxygen atoms in total. The fourth-order valence-corrected chi connectivity index (χ4v) is 4.40. The molecule has 27 heavy (non-hydrogen) atoms. The number of phenols is 1. The molecule has 3 heterocycles. The summed E-state index contributed by atoms with van der Waals surface area (Å²) in [6, 6.07) is 22.0. The lowest BCUT2D eigenvalue weighted by molar-refractivity contribution is 0.0894. The van der Waals surface area contributed by atoms with Gasteiger partial charge in [-0.15, -0.1) is 0 Å². The quantitative estimate of drug-likeness (QED) is 0.765. The second-order valence-corrected chi connectivity index (χ2v) is 7.31. The largest absolute Gasteiger partial charge is 0.507 e. The Balaban J connectivity index is 1.55. The molecule has 2 saturated heterocycles. The Labute approximate surface area is 159 Å². The van der Waals surface area contributed by atoms with Gasteiger partial charge in [0.25, 0.3) is 0 Å². The first-order valence-corrected chi connectivity index (χ1v) is 9.64. The molecule has 0 spiro atoms. The number of hydrogen-bond donors (Lipinski definition) is 1. The van der Waals surface area contributed by atoms with Gasteiger partial charge in [-0.3, -0.25) is 9.80 Å². The lowest BCUT2D eigenvalue weighted by Crippen LogP contribution is -2.38. The van der Waals surface area contributed by atoms with E-state index in [2.05, 4.69) is 21.9 Å². The molecule has 0 radical (unpaired) electrons. The lowest BCUT2D eigenvalue weighted by atomic mass is 9.99. The van der Waals surface area contributed by atoms with Gasteiger partial charge in [0.05, 0.1) is 11.4 Å². The molecule has 1 N–H and O–H groups in total. The number of aromatic hydroxyl groups is 1. The molecule has 3 aromatic rings. The van der Waals surface area contributed by atoms with E-state index in [9.17, 15) is 5.11 Å². The van der Waals surface area contributed by atoms with E-state index in [1.165, 1.54) is 6.42 Å². The Morgan fingerprint density at radius 2 is 1.44 bits per heavy atom. The van der Waals surface area contributed by atoms with E-state index in [4.69, 9.17) is 4.98 Å². The maximum absolute atomic E-state index is 11.0. The number of nitrogens with zero attached hydrogens (tertiary/aromatic N) is 3. The van der Waals surface area contributed by atoms with Crippen molar-refractivity contribution in [1.29, 1.82) is 0 Å². The third-order valence-electron chi connectivity index (χ3n) is 5.69. The third kappa shape index (κ3) is 2.91. The van der Waals surface area contributed by atoms with Crippen molar-refractivity contribution in [1.82, 2.24) is 14.8 Å². The summed E-state index contributed by atoms with van der Waals surface area (Å²) in [4.78, 5) is 9.98. The Morgan fingerprint density at radius 1 is 0.741 bits per heavy atom. The fraction of sp³-hybridized carbons (Fsp3) is 0.261. The van der Waals surface area contributed by atoms with Crippen LogP contribution in [0.4, 0.5) is 0 Å². The molecule has 0 saturated carbocycles. The van der Waals surface area contributed by atoms with Crippen LogP contribution in [0.3, 0.4) is 0 Å². The van der Waals surface area contributed by atoms with Crippen LogP contribution in [0.2, 0.25) is 0 Å². The van der Waals surface area contributed by atoms with Crippen LogP contribution in [0.5, 0.6) is 5.75 Å². The van der Waals surface area contributed by atoms with Crippen molar-refractivity contribution in [2.45, 2.75) is 12.6 Å². The van der Waals surface area contributed by atoms with E-state index in [-0.39, 0.29) is 6.17 Å². The molecular formula is C23H23N3O.